The molecule has 0 radical (unpaired) electrons. The highest BCUT2D eigenvalue weighted by Gasteiger charge is 2.18. The van der Waals surface area contributed by atoms with E-state index < -0.39 is 0 Å². The predicted octanol–water partition coefficient (Wildman–Crippen LogP) is 4.26. The van der Waals surface area contributed by atoms with Crippen LogP contribution in [0.4, 0.5) is 3.89 Å². The van der Waals surface area contributed by atoms with Crippen molar-refractivity contribution in [3.05, 3.63) is 35.9 Å². The predicted molar refractivity (Wildman–Crippen MR) is 59.9 cm³/mol. The Morgan fingerprint density at radius 1 is 1.50 bits per heavy atom. The summed E-state index contributed by atoms with van der Waals surface area (Å²) in [4.78, 5) is 0.680. The van der Waals surface area contributed by atoms with Gasteiger partial charge in [-0.25, -0.2) is 0 Å². The molecule has 0 N–H and O–H groups in total. The molecule has 74 valence electrons. The van der Waals surface area contributed by atoms with Crippen molar-refractivity contribution in [2.75, 3.05) is 0 Å². The highest BCUT2D eigenvalue weighted by molar-refractivity contribution is 7.94. The van der Waals surface area contributed by atoms with Crippen LogP contribution in [0.1, 0.15) is 24.5 Å². The maximum Gasteiger partial charge on any atom is 0.0812 e. The lowest BCUT2D eigenvalue weighted by Gasteiger charge is -2.24. The van der Waals surface area contributed by atoms with Crippen molar-refractivity contribution < 1.29 is 3.89 Å². The van der Waals surface area contributed by atoms with E-state index in [1.165, 1.54) is 5.56 Å². The Morgan fingerprint density at radius 3 is 3.00 bits per heavy atom. The molecule has 1 aliphatic carbocycles. The topological polar surface area (TPSA) is 0 Å². The Hall–Kier alpha value is -0.760. The zero-order chi connectivity index (χ0) is 10.1. The second kappa shape index (κ2) is 3.77. The Labute approximate surface area is 88.5 Å². The van der Waals surface area contributed by atoms with Gasteiger partial charge in [0.1, 0.15) is 0 Å². The third kappa shape index (κ3) is 1.59. The van der Waals surface area contributed by atoms with Gasteiger partial charge in [-0.3, -0.25) is 0 Å². The monoisotopic (exact) mass is 208 g/mol. The molecule has 2 rings (SSSR count). The Balaban J connectivity index is 2.46. The minimum atomic E-state index is 0.304. The van der Waals surface area contributed by atoms with Crippen molar-refractivity contribution in [1.82, 2.24) is 0 Å². The number of aryl methyl sites for hydroxylation is 1. The summed E-state index contributed by atoms with van der Waals surface area (Å²) in [5.74, 6) is 0.530. The van der Waals surface area contributed by atoms with E-state index in [4.69, 9.17) is 0 Å². The number of hydrogen-bond acceptors (Lipinski definition) is 1. The van der Waals surface area contributed by atoms with Gasteiger partial charge in [-0.15, -0.1) is 0 Å². The van der Waals surface area contributed by atoms with Gasteiger partial charge in [0.25, 0.3) is 0 Å². The highest BCUT2D eigenvalue weighted by Crippen LogP contribution is 2.36. The first-order valence-corrected chi connectivity index (χ1v) is 5.54. The van der Waals surface area contributed by atoms with Crippen LogP contribution < -0.4 is 0 Å². The van der Waals surface area contributed by atoms with Crippen molar-refractivity contribution in [2.45, 2.75) is 24.7 Å². The molecule has 1 unspecified atom stereocenters. The summed E-state index contributed by atoms with van der Waals surface area (Å²) in [6.07, 6.45) is 2.25. The second-order valence-electron chi connectivity index (χ2n) is 3.86. The number of halogens is 1. The van der Waals surface area contributed by atoms with Crippen LogP contribution in [-0.4, -0.2) is 0 Å². The number of rotatable bonds is 1. The first-order valence-electron chi connectivity index (χ1n) is 4.83. The fourth-order valence-electron chi connectivity index (χ4n) is 1.93. The van der Waals surface area contributed by atoms with E-state index in [1.54, 1.807) is 0 Å². The fraction of sp³-hybridized carbons (Fsp3) is 0.333. The SMILES string of the molecule is C=C1c2cc(SF)ccc2CCC1C. The molecule has 1 atom stereocenters. The van der Waals surface area contributed by atoms with Gasteiger partial charge in [-0.05, 0) is 47.6 Å². The van der Waals surface area contributed by atoms with Gasteiger partial charge in [0.05, 0.1) is 12.1 Å². The molecule has 0 bridgehead atoms. The summed E-state index contributed by atoms with van der Waals surface area (Å²) in [5, 5.41) is 0. The van der Waals surface area contributed by atoms with Crippen molar-refractivity contribution in [2.24, 2.45) is 5.92 Å². The minimum Gasteiger partial charge on any atom is -0.160 e. The Morgan fingerprint density at radius 2 is 2.29 bits per heavy atom. The molecule has 1 aliphatic rings. The largest absolute Gasteiger partial charge is 0.160 e. The van der Waals surface area contributed by atoms with Crippen LogP contribution in [0.3, 0.4) is 0 Å². The Bertz CT molecular complexity index is 371. The van der Waals surface area contributed by atoms with E-state index in [-0.39, 0.29) is 0 Å². The molecule has 0 spiro atoms. The zero-order valence-corrected chi connectivity index (χ0v) is 9.03. The first kappa shape index (κ1) is 9.78. The fourth-order valence-corrected chi connectivity index (χ4v) is 2.21. The third-order valence-corrected chi connectivity index (χ3v) is 3.39. The summed E-state index contributed by atoms with van der Waals surface area (Å²) in [6, 6.07) is 5.78. The van der Waals surface area contributed by atoms with Crippen LogP contribution in [0.5, 0.6) is 0 Å². The molecule has 0 aliphatic heterocycles. The summed E-state index contributed by atoms with van der Waals surface area (Å²) in [5.41, 5.74) is 3.62. The molecule has 1 aromatic rings. The smallest absolute Gasteiger partial charge is 0.0812 e. The second-order valence-corrected chi connectivity index (χ2v) is 4.49. The molecule has 14 heavy (non-hydrogen) atoms. The Kier molecular flexibility index (Phi) is 2.64. The number of allylic oxidation sites excluding steroid dienone is 1. The van der Waals surface area contributed by atoms with Crippen molar-refractivity contribution in [3.8, 4) is 0 Å². The van der Waals surface area contributed by atoms with Gasteiger partial charge < -0.3 is 0 Å². The van der Waals surface area contributed by atoms with Crippen molar-refractivity contribution >= 4 is 17.7 Å². The van der Waals surface area contributed by atoms with E-state index in [9.17, 15) is 3.89 Å². The molecule has 0 aromatic heterocycles. The molecular weight excluding hydrogens is 195 g/mol. The molecule has 0 amide bonds. The van der Waals surface area contributed by atoms with Crippen LogP contribution in [-0.2, 0) is 6.42 Å². The average Bonchev–Trinajstić information content (AvgIpc) is 2.23. The van der Waals surface area contributed by atoms with Gasteiger partial charge >= 0.3 is 0 Å². The van der Waals surface area contributed by atoms with Crippen molar-refractivity contribution in [3.63, 3.8) is 0 Å². The molecular formula is C12H13FS. The zero-order valence-electron chi connectivity index (χ0n) is 8.22. The van der Waals surface area contributed by atoms with Gasteiger partial charge in [0.15, 0.2) is 0 Å². The minimum absolute atomic E-state index is 0.304. The van der Waals surface area contributed by atoms with E-state index in [0.717, 1.165) is 24.0 Å². The first-order chi connectivity index (χ1) is 6.72. The number of fused-ring (bicyclic) bond motifs is 1. The van der Waals surface area contributed by atoms with E-state index >= 15 is 0 Å². The third-order valence-electron chi connectivity index (χ3n) is 2.96. The lowest BCUT2D eigenvalue weighted by Crippen LogP contribution is -2.09. The standard InChI is InChI=1S/C12H13FS/c1-8-3-4-10-5-6-11(14-13)7-12(10)9(8)2/h5-8H,2-4H2,1H3. The highest BCUT2D eigenvalue weighted by atomic mass is 32.2. The maximum absolute atomic E-state index is 12.4. The molecule has 2 heteroatoms. The number of benzene rings is 1. The summed E-state index contributed by atoms with van der Waals surface area (Å²) in [6.45, 7) is 6.26. The summed E-state index contributed by atoms with van der Waals surface area (Å²) < 4.78 is 12.4. The lowest BCUT2D eigenvalue weighted by molar-refractivity contribution is 0.643. The van der Waals surface area contributed by atoms with E-state index in [0.29, 0.717) is 23.0 Å². The van der Waals surface area contributed by atoms with Gasteiger partial charge in [0.2, 0.25) is 0 Å². The van der Waals surface area contributed by atoms with Crippen LogP contribution in [0.15, 0.2) is 29.7 Å². The summed E-state index contributed by atoms with van der Waals surface area (Å²) >= 11 is 0.304. The molecule has 0 nitrogen and oxygen atoms in total. The van der Waals surface area contributed by atoms with Crippen molar-refractivity contribution in [1.29, 1.82) is 0 Å². The van der Waals surface area contributed by atoms with E-state index in [1.807, 2.05) is 18.2 Å². The molecule has 0 saturated heterocycles. The van der Waals surface area contributed by atoms with Crippen LogP contribution in [0.25, 0.3) is 5.57 Å². The van der Waals surface area contributed by atoms with Gasteiger partial charge in [-0.2, -0.15) is 3.89 Å². The summed E-state index contributed by atoms with van der Waals surface area (Å²) in [7, 11) is 0. The molecule has 1 aromatic carbocycles. The maximum atomic E-state index is 12.4. The van der Waals surface area contributed by atoms with Gasteiger partial charge in [-0.1, -0.05) is 19.6 Å². The molecule has 0 heterocycles. The van der Waals surface area contributed by atoms with Crippen LogP contribution >= 0.6 is 12.1 Å². The van der Waals surface area contributed by atoms with Crippen LogP contribution in [0.2, 0.25) is 0 Å². The van der Waals surface area contributed by atoms with Crippen LogP contribution in [0, 0.1) is 5.92 Å². The average molecular weight is 208 g/mol. The van der Waals surface area contributed by atoms with E-state index in [2.05, 4.69) is 13.5 Å². The quantitative estimate of drug-likeness (QED) is 0.664. The number of hydrogen-bond donors (Lipinski definition) is 0. The molecule has 0 saturated carbocycles. The lowest BCUT2D eigenvalue weighted by atomic mass is 9.81. The van der Waals surface area contributed by atoms with Gasteiger partial charge in [0, 0.05) is 4.90 Å². The molecule has 0 fully saturated rings. The normalized spacial score (nSPS) is 20.7.